The van der Waals surface area contributed by atoms with Gasteiger partial charge in [0.25, 0.3) is 15.9 Å². The summed E-state index contributed by atoms with van der Waals surface area (Å²) < 4.78 is 28.6. The average molecular weight is 344 g/mol. The summed E-state index contributed by atoms with van der Waals surface area (Å²) >= 11 is 0. The van der Waals surface area contributed by atoms with Crippen molar-refractivity contribution in [3.8, 4) is 11.3 Å². The van der Waals surface area contributed by atoms with E-state index in [9.17, 15) is 13.2 Å². The molecule has 3 rings (SSSR count). The number of benzene rings is 1. The first-order valence-electron chi connectivity index (χ1n) is 7.13. The summed E-state index contributed by atoms with van der Waals surface area (Å²) in [4.78, 5) is 11.8. The predicted molar refractivity (Wildman–Crippen MR) is 88.9 cm³/mol. The minimum absolute atomic E-state index is 0.0805. The maximum absolute atomic E-state index is 13.1. The molecule has 3 aromatic rings. The largest absolute Gasteiger partial charge is 0.364 e. The van der Waals surface area contributed by atoms with Gasteiger partial charge < -0.3 is 5.73 Å². The number of amides is 1. The standard InChI is InChI=1S/C16H16N4O3S/c1-11-3-5-13(6-4-11)24(22,23)20-14(7-8-15(20)16(17)21)12-9-18-19(2)10-12/h3-10H,1-2H3,(H2,17,21). The Labute approximate surface area is 139 Å². The monoisotopic (exact) mass is 344 g/mol. The first-order chi connectivity index (χ1) is 11.3. The lowest BCUT2D eigenvalue weighted by Gasteiger charge is -2.12. The zero-order valence-corrected chi connectivity index (χ0v) is 14.0. The van der Waals surface area contributed by atoms with Crippen molar-refractivity contribution in [2.75, 3.05) is 0 Å². The summed E-state index contributed by atoms with van der Waals surface area (Å²) in [5, 5.41) is 4.05. The molecule has 8 heteroatoms. The van der Waals surface area contributed by atoms with Crippen LogP contribution in [0.5, 0.6) is 0 Å². The van der Waals surface area contributed by atoms with Crippen molar-refractivity contribution in [2.24, 2.45) is 12.8 Å². The zero-order chi connectivity index (χ0) is 17.5. The molecule has 1 aromatic carbocycles. The third-order valence-corrected chi connectivity index (χ3v) is 5.39. The maximum Gasteiger partial charge on any atom is 0.268 e. The molecule has 0 aliphatic heterocycles. The number of carbonyl (C=O) groups is 1. The summed E-state index contributed by atoms with van der Waals surface area (Å²) in [5.41, 5.74) is 7.10. The second-order valence-corrected chi connectivity index (χ2v) is 7.24. The van der Waals surface area contributed by atoms with Gasteiger partial charge in [0.1, 0.15) is 5.69 Å². The summed E-state index contributed by atoms with van der Waals surface area (Å²) in [6.07, 6.45) is 3.20. The van der Waals surface area contributed by atoms with E-state index in [1.165, 1.54) is 24.4 Å². The van der Waals surface area contributed by atoms with Gasteiger partial charge in [-0.1, -0.05) is 17.7 Å². The lowest BCUT2D eigenvalue weighted by atomic mass is 10.2. The Morgan fingerprint density at radius 3 is 2.33 bits per heavy atom. The fraction of sp³-hybridized carbons (Fsp3) is 0.125. The molecule has 0 aliphatic rings. The van der Waals surface area contributed by atoms with E-state index in [1.54, 1.807) is 36.1 Å². The van der Waals surface area contributed by atoms with Crippen molar-refractivity contribution in [2.45, 2.75) is 11.8 Å². The van der Waals surface area contributed by atoms with Gasteiger partial charge in [0.05, 0.1) is 16.8 Å². The molecule has 124 valence electrons. The fourth-order valence-electron chi connectivity index (χ4n) is 2.45. The van der Waals surface area contributed by atoms with Crippen molar-refractivity contribution in [1.82, 2.24) is 13.8 Å². The van der Waals surface area contributed by atoms with Gasteiger partial charge in [0, 0.05) is 18.8 Å². The molecule has 0 atom stereocenters. The minimum Gasteiger partial charge on any atom is -0.364 e. The van der Waals surface area contributed by atoms with Crippen molar-refractivity contribution < 1.29 is 13.2 Å². The quantitative estimate of drug-likeness (QED) is 0.776. The fourth-order valence-corrected chi connectivity index (χ4v) is 3.97. The average Bonchev–Trinajstić information content (AvgIpc) is 3.13. The number of rotatable bonds is 4. The van der Waals surface area contributed by atoms with Crippen LogP contribution in [0.4, 0.5) is 0 Å². The van der Waals surface area contributed by atoms with E-state index in [-0.39, 0.29) is 10.6 Å². The molecular formula is C16H16N4O3S. The lowest BCUT2D eigenvalue weighted by Crippen LogP contribution is -2.23. The van der Waals surface area contributed by atoms with Gasteiger partial charge in [-0.25, -0.2) is 12.4 Å². The van der Waals surface area contributed by atoms with Gasteiger partial charge in [-0.15, -0.1) is 0 Å². The molecule has 2 N–H and O–H groups in total. The van der Waals surface area contributed by atoms with Crippen LogP contribution < -0.4 is 5.73 Å². The molecule has 2 heterocycles. The van der Waals surface area contributed by atoms with Gasteiger partial charge in [-0.05, 0) is 31.2 Å². The van der Waals surface area contributed by atoms with E-state index < -0.39 is 15.9 Å². The third-order valence-electron chi connectivity index (χ3n) is 3.65. The van der Waals surface area contributed by atoms with E-state index >= 15 is 0 Å². The van der Waals surface area contributed by atoms with Crippen LogP contribution in [-0.4, -0.2) is 28.1 Å². The van der Waals surface area contributed by atoms with Crippen LogP contribution in [0.3, 0.4) is 0 Å². The number of carbonyl (C=O) groups excluding carboxylic acids is 1. The molecule has 0 fully saturated rings. The number of aromatic nitrogens is 3. The van der Waals surface area contributed by atoms with Crippen LogP contribution in [-0.2, 0) is 17.1 Å². The van der Waals surface area contributed by atoms with Gasteiger partial charge >= 0.3 is 0 Å². The number of primary amides is 1. The van der Waals surface area contributed by atoms with Crippen LogP contribution in [0.1, 0.15) is 16.1 Å². The highest BCUT2D eigenvalue weighted by molar-refractivity contribution is 7.90. The van der Waals surface area contributed by atoms with Crippen LogP contribution in [0.25, 0.3) is 11.3 Å². The van der Waals surface area contributed by atoms with Crippen molar-refractivity contribution in [3.63, 3.8) is 0 Å². The molecule has 7 nitrogen and oxygen atoms in total. The molecule has 1 amide bonds. The second-order valence-electron chi connectivity index (χ2n) is 5.45. The topological polar surface area (TPSA) is 100.0 Å². The van der Waals surface area contributed by atoms with Crippen LogP contribution >= 0.6 is 0 Å². The molecule has 0 saturated carbocycles. The van der Waals surface area contributed by atoms with E-state index in [0.29, 0.717) is 11.3 Å². The molecule has 0 bridgehead atoms. The molecular weight excluding hydrogens is 328 g/mol. The molecule has 24 heavy (non-hydrogen) atoms. The van der Waals surface area contributed by atoms with E-state index in [0.717, 1.165) is 9.54 Å². The molecule has 0 aliphatic carbocycles. The minimum atomic E-state index is -3.98. The maximum atomic E-state index is 13.1. The number of nitrogens with zero attached hydrogens (tertiary/aromatic N) is 3. The first kappa shape index (κ1) is 16.0. The summed E-state index contributed by atoms with van der Waals surface area (Å²) in [5.74, 6) is -0.819. The molecule has 0 spiro atoms. The Morgan fingerprint density at radius 2 is 1.79 bits per heavy atom. The number of nitrogens with two attached hydrogens (primary N) is 1. The van der Waals surface area contributed by atoms with Crippen molar-refractivity contribution in [1.29, 1.82) is 0 Å². The molecule has 2 aromatic heterocycles. The predicted octanol–water partition coefficient (Wildman–Crippen LogP) is 1.53. The highest BCUT2D eigenvalue weighted by Crippen LogP contribution is 2.27. The van der Waals surface area contributed by atoms with Crippen LogP contribution in [0, 0.1) is 6.92 Å². The molecule has 0 unspecified atom stereocenters. The van der Waals surface area contributed by atoms with Crippen molar-refractivity contribution >= 4 is 15.9 Å². The lowest BCUT2D eigenvalue weighted by molar-refractivity contribution is 0.0994. The van der Waals surface area contributed by atoms with Gasteiger partial charge in [-0.3, -0.25) is 9.48 Å². The van der Waals surface area contributed by atoms with Crippen LogP contribution in [0.2, 0.25) is 0 Å². The molecule has 0 saturated heterocycles. The van der Waals surface area contributed by atoms with E-state index in [1.807, 2.05) is 6.92 Å². The number of hydrogen-bond donors (Lipinski definition) is 1. The zero-order valence-electron chi connectivity index (χ0n) is 13.2. The Morgan fingerprint density at radius 1 is 1.12 bits per heavy atom. The highest BCUT2D eigenvalue weighted by Gasteiger charge is 2.26. The van der Waals surface area contributed by atoms with Gasteiger partial charge in [0.2, 0.25) is 0 Å². The Bertz CT molecular complexity index is 1010. The van der Waals surface area contributed by atoms with Crippen LogP contribution in [0.15, 0.2) is 53.7 Å². The number of aryl methyl sites for hydroxylation is 2. The summed E-state index contributed by atoms with van der Waals surface area (Å²) in [7, 11) is -2.26. The number of hydrogen-bond acceptors (Lipinski definition) is 4. The Hall–Kier alpha value is -2.87. The van der Waals surface area contributed by atoms with Gasteiger partial charge in [0.15, 0.2) is 0 Å². The smallest absolute Gasteiger partial charge is 0.268 e. The normalized spacial score (nSPS) is 11.6. The SMILES string of the molecule is Cc1ccc(S(=O)(=O)n2c(C(N)=O)ccc2-c2cnn(C)c2)cc1. The Balaban J connectivity index is 2.27. The van der Waals surface area contributed by atoms with E-state index in [4.69, 9.17) is 5.73 Å². The summed E-state index contributed by atoms with van der Waals surface area (Å²) in [6, 6.07) is 9.35. The van der Waals surface area contributed by atoms with E-state index in [2.05, 4.69) is 5.10 Å². The van der Waals surface area contributed by atoms with Gasteiger partial charge in [-0.2, -0.15) is 5.10 Å². The first-order valence-corrected chi connectivity index (χ1v) is 8.57. The Kier molecular flexibility index (Phi) is 3.76. The highest BCUT2D eigenvalue weighted by atomic mass is 32.2. The molecule has 0 radical (unpaired) electrons. The summed E-state index contributed by atoms with van der Waals surface area (Å²) in [6.45, 7) is 1.86. The third kappa shape index (κ3) is 2.61. The second kappa shape index (κ2) is 5.64. The van der Waals surface area contributed by atoms with Crippen molar-refractivity contribution in [3.05, 3.63) is 60.0 Å².